The van der Waals surface area contributed by atoms with Gasteiger partial charge in [-0.2, -0.15) is 0 Å². The highest BCUT2D eigenvalue weighted by atomic mass is 14.0. The Balaban J connectivity index is 0.000000531. The van der Waals surface area contributed by atoms with Gasteiger partial charge >= 0.3 is 0 Å². The quantitative estimate of drug-likeness (QED) is 0.553. The molecule has 0 aliphatic heterocycles. The van der Waals surface area contributed by atoms with Crippen LogP contribution >= 0.6 is 0 Å². The highest BCUT2D eigenvalue weighted by Crippen LogP contribution is 2.14. The third kappa shape index (κ3) is 2.86. The predicted molar refractivity (Wildman–Crippen MR) is 67.8 cm³/mol. The molecule has 0 nitrogen and oxygen atoms in total. The zero-order valence-corrected chi connectivity index (χ0v) is 9.54. The van der Waals surface area contributed by atoms with Gasteiger partial charge in [-0.25, -0.2) is 0 Å². The number of rotatable bonds is 0. The van der Waals surface area contributed by atoms with Crippen molar-refractivity contribution in [1.29, 1.82) is 0 Å². The summed E-state index contributed by atoms with van der Waals surface area (Å²) in [7, 11) is 0. The van der Waals surface area contributed by atoms with Crippen LogP contribution in [-0.4, -0.2) is 0 Å². The van der Waals surface area contributed by atoms with Crippen LogP contribution in [0.1, 0.15) is 26.3 Å². The van der Waals surface area contributed by atoms with Gasteiger partial charge in [0.1, 0.15) is 0 Å². The molecule has 0 atom stereocenters. The van der Waals surface area contributed by atoms with E-state index >= 15 is 0 Å². The van der Waals surface area contributed by atoms with Gasteiger partial charge in [0.05, 0.1) is 0 Å². The van der Waals surface area contributed by atoms with Crippen molar-refractivity contribution in [2.24, 2.45) is 0 Å². The summed E-state index contributed by atoms with van der Waals surface area (Å²) in [6.07, 6.45) is 0. The first-order chi connectivity index (χ1) is 7.40. The first-order valence-electron chi connectivity index (χ1n) is 5.32. The normalized spacial score (nSPS) is 8.47. The maximum Gasteiger partial charge on any atom is 0.0251 e. The fraction of sp³-hybridized carbons (Fsp3) is 0.200. The lowest BCUT2D eigenvalue weighted by Gasteiger charge is -1.96. The molecule has 0 aliphatic carbocycles. The minimum Gasteiger partial charge on any atom is -0.101 e. The van der Waals surface area contributed by atoms with Crippen LogP contribution in [0.3, 0.4) is 0 Å². The Morgan fingerprint density at radius 1 is 0.867 bits per heavy atom. The van der Waals surface area contributed by atoms with Crippen molar-refractivity contribution >= 4 is 10.8 Å². The monoisotopic (exact) mass is 196 g/mol. The van der Waals surface area contributed by atoms with Crippen molar-refractivity contribution in [3.8, 4) is 11.8 Å². The van der Waals surface area contributed by atoms with E-state index in [0.29, 0.717) is 0 Å². The molecule has 0 bridgehead atoms. The molecule has 0 aromatic heterocycles. The van der Waals surface area contributed by atoms with E-state index in [2.05, 4.69) is 42.2 Å². The average molecular weight is 196 g/mol. The van der Waals surface area contributed by atoms with Crippen LogP contribution in [0.4, 0.5) is 0 Å². The second kappa shape index (κ2) is 5.88. The molecule has 0 heteroatoms. The molecule has 0 amide bonds. The molecule has 15 heavy (non-hydrogen) atoms. The Bertz CT molecular complexity index is 484. The van der Waals surface area contributed by atoms with Crippen molar-refractivity contribution in [3.63, 3.8) is 0 Å². The van der Waals surface area contributed by atoms with Gasteiger partial charge in [0.25, 0.3) is 0 Å². The fourth-order valence-electron chi connectivity index (χ4n) is 1.41. The van der Waals surface area contributed by atoms with E-state index < -0.39 is 0 Å². The van der Waals surface area contributed by atoms with Crippen molar-refractivity contribution in [2.45, 2.75) is 20.8 Å². The first kappa shape index (κ1) is 11.3. The summed E-state index contributed by atoms with van der Waals surface area (Å²) in [5, 5.41) is 2.52. The standard InChI is InChI=1S/C13H10.C2H6/c1-2-5-11-8-9-12-6-3-4-7-13(12)10-11;1-2/h3-4,6-10H,1H3;1-2H3. The highest BCUT2D eigenvalue weighted by molar-refractivity contribution is 5.83. The summed E-state index contributed by atoms with van der Waals surface area (Å²) in [6.45, 7) is 5.86. The Kier molecular flexibility index (Phi) is 4.44. The molecule has 0 saturated heterocycles. The Hall–Kier alpha value is -1.74. The highest BCUT2D eigenvalue weighted by Gasteiger charge is 1.91. The lowest BCUT2D eigenvalue weighted by atomic mass is 10.1. The number of hydrogen-bond donors (Lipinski definition) is 0. The summed E-state index contributed by atoms with van der Waals surface area (Å²) in [6, 6.07) is 14.6. The summed E-state index contributed by atoms with van der Waals surface area (Å²) in [5.41, 5.74) is 1.08. The molecule has 2 aromatic rings. The topological polar surface area (TPSA) is 0 Å². The van der Waals surface area contributed by atoms with Gasteiger partial charge in [0, 0.05) is 5.56 Å². The van der Waals surface area contributed by atoms with Gasteiger partial charge in [0.2, 0.25) is 0 Å². The minimum absolute atomic E-state index is 1.08. The molecule has 0 aliphatic rings. The van der Waals surface area contributed by atoms with Crippen molar-refractivity contribution in [2.75, 3.05) is 0 Å². The summed E-state index contributed by atoms with van der Waals surface area (Å²) in [4.78, 5) is 0. The molecule has 0 fully saturated rings. The van der Waals surface area contributed by atoms with E-state index in [0.717, 1.165) is 5.56 Å². The summed E-state index contributed by atoms with van der Waals surface area (Å²) in [5.74, 6) is 5.95. The SMILES string of the molecule is CC.CC#Cc1ccc2ccccc2c1. The molecule has 0 saturated carbocycles. The molecule has 2 aromatic carbocycles. The lowest BCUT2D eigenvalue weighted by Crippen LogP contribution is -1.75. The van der Waals surface area contributed by atoms with Gasteiger partial charge in [0.15, 0.2) is 0 Å². The van der Waals surface area contributed by atoms with Crippen molar-refractivity contribution in [1.82, 2.24) is 0 Å². The minimum atomic E-state index is 1.08. The van der Waals surface area contributed by atoms with E-state index in [1.165, 1.54) is 10.8 Å². The van der Waals surface area contributed by atoms with E-state index in [9.17, 15) is 0 Å². The third-order valence-electron chi connectivity index (χ3n) is 2.02. The smallest absolute Gasteiger partial charge is 0.0251 e. The van der Waals surface area contributed by atoms with E-state index in [1.54, 1.807) is 0 Å². The van der Waals surface area contributed by atoms with Crippen LogP contribution in [0, 0.1) is 11.8 Å². The summed E-state index contributed by atoms with van der Waals surface area (Å²) >= 11 is 0. The molecular weight excluding hydrogens is 180 g/mol. The van der Waals surface area contributed by atoms with Crippen LogP contribution in [0.15, 0.2) is 42.5 Å². The predicted octanol–water partition coefficient (Wildman–Crippen LogP) is 4.24. The lowest BCUT2D eigenvalue weighted by molar-refractivity contribution is 1.50. The Labute approximate surface area is 91.9 Å². The fourth-order valence-corrected chi connectivity index (χ4v) is 1.41. The number of hydrogen-bond acceptors (Lipinski definition) is 0. The van der Waals surface area contributed by atoms with Gasteiger partial charge in [-0.15, -0.1) is 5.92 Å². The van der Waals surface area contributed by atoms with Crippen molar-refractivity contribution < 1.29 is 0 Å². The molecular formula is C15H16. The van der Waals surface area contributed by atoms with E-state index in [1.807, 2.05) is 32.9 Å². The number of benzene rings is 2. The molecule has 2 rings (SSSR count). The second-order valence-corrected chi connectivity index (χ2v) is 2.94. The molecule has 0 radical (unpaired) electrons. The molecule has 76 valence electrons. The third-order valence-corrected chi connectivity index (χ3v) is 2.02. The van der Waals surface area contributed by atoms with Gasteiger partial charge in [-0.3, -0.25) is 0 Å². The molecule has 0 spiro atoms. The van der Waals surface area contributed by atoms with Gasteiger partial charge in [-0.05, 0) is 29.8 Å². The maximum absolute atomic E-state index is 3.05. The maximum atomic E-state index is 3.05. The van der Waals surface area contributed by atoms with Crippen LogP contribution in [0.5, 0.6) is 0 Å². The van der Waals surface area contributed by atoms with Gasteiger partial charge in [-0.1, -0.05) is 50.1 Å². The van der Waals surface area contributed by atoms with Crippen LogP contribution in [0.2, 0.25) is 0 Å². The largest absolute Gasteiger partial charge is 0.101 e. The van der Waals surface area contributed by atoms with E-state index in [4.69, 9.17) is 0 Å². The van der Waals surface area contributed by atoms with E-state index in [-0.39, 0.29) is 0 Å². The van der Waals surface area contributed by atoms with Gasteiger partial charge < -0.3 is 0 Å². The van der Waals surface area contributed by atoms with Crippen LogP contribution in [-0.2, 0) is 0 Å². The Morgan fingerprint density at radius 2 is 1.53 bits per heavy atom. The van der Waals surface area contributed by atoms with Crippen molar-refractivity contribution in [3.05, 3.63) is 48.0 Å². The zero-order chi connectivity index (χ0) is 11.1. The zero-order valence-electron chi connectivity index (χ0n) is 9.54. The first-order valence-corrected chi connectivity index (χ1v) is 5.32. The molecule has 0 unspecified atom stereocenters. The Morgan fingerprint density at radius 3 is 2.20 bits per heavy atom. The second-order valence-electron chi connectivity index (χ2n) is 2.94. The van der Waals surface area contributed by atoms with Crippen LogP contribution in [0.25, 0.3) is 10.8 Å². The average Bonchev–Trinajstić information content (AvgIpc) is 2.32. The molecule has 0 N–H and O–H groups in total. The summed E-state index contributed by atoms with van der Waals surface area (Å²) < 4.78 is 0. The number of fused-ring (bicyclic) bond motifs is 1. The van der Waals surface area contributed by atoms with Crippen LogP contribution < -0.4 is 0 Å². The molecule has 0 heterocycles.